The maximum Gasteiger partial charge on any atom is 0.407 e. The van der Waals surface area contributed by atoms with Gasteiger partial charge in [0.25, 0.3) is 0 Å². The van der Waals surface area contributed by atoms with Gasteiger partial charge >= 0.3 is 6.09 Å². The third-order valence-corrected chi connectivity index (χ3v) is 4.75. The Morgan fingerprint density at radius 3 is 2.24 bits per heavy atom. The molecule has 1 amide bonds. The van der Waals surface area contributed by atoms with Crippen LogP contribution in [0.4, 0.5) is 4.79 Å². The van der Waals surface area contributed by atoms with Gasteiger partial charge in [0.05, 0.1) is 12.3 Å². The van der Waals surface area contributed by atoms with Crippen molar-refractivity contribution >= 4 is 11.8 Å². The molecule has 1 unspecified atom stereocenters. The van der Waals surface area contributed by atoms with Crippen LogP contribution in [0.3, 0.4) is 0 Å². The summed E-state index contributed by atoms with van der Waals surface area (Å²) in [5.74, 6) is 0. The van der Waals surface area contributed by atoms with Crippen LogP contribution in [-0.4, -0.2) is 24.5 Å². The lowest BCUT2D eigenvalue weighted by Gasteiger charge is -2.10. The van der Waals surface area contributed by atoms with Crippen LogP contribution < -0.4 is 5.32 Å². The molecule has 3 aromatic rings. The van der Waals surface area contributed by atoms with Crippen molar-refractivity contribution in [2.45, 2.75) is 19.1 Å². The van der Waals surface area contributed by atoms with E-state index in [9.17, 15) is 4.79 Å². The Labute approximate surface area is 170 Å². The largest absolute Gasteiger partial charge is 0.445 e. The number of hydrogen-bond donors (Lipinski definition) is 1. The minimum atomic E-state index is -0.460. The number of benzene rings is 3. The summed E-state index contributed by atoms with van der Waals surface area (Å²) < 4.78 is 5.21. The lowest BCUT2D eigenvalue weighted by molar-refractivity contribution is 0.0797. The molecule has 29 heavy (non-hydrogen) atoms. The number of ether oxygens (including phenoxy) is 1. The first-order valence-corrected chi connectivity index (χ1v) is 9.61. The highest BCUT2D eigenvalue weighted by Crippen LogP contribution is 2.22. The maximum absolute atomic E-state index is 11.9. The Morgan fingerprint density at radius 2 is 1.52 bits per heavy atom. The van der Waals surface area contributed by atoms with E-state index < -0.39 is 6.09 Å². The molecule has 3 aromatic carbocycles. The first-order chi connectivity index (χ1) is 14.3. The Morgan fingerprint density at radius 1 is 0.897 bits per heavy atom. The molecule has 146 valence electrons. The van der Waals surface area contributed by atoms with Crippen LogP contribution in [0.5, 0.6) is 0 Å². The average molecular weight is 386 g/mol. The summed E-state index contributed by atoms with van der Waals surface area (Å²) in [4.78, 5) is 17.3. The van der Waals surface area contributed by atoms with Gasteiger partial charge in [-0.05, 0) is 22.3 Å². The molecule has 0 radical (unpaired) electrons. The molecule has 0 spiro atoms. The Hall–Kier alpha value is -3.60. The monoisotopic (exact) mass is 386 g/mol. The fourth-order valence-corrected chi connectivity index (χ4v) is 3.17. The van der Waals surface area contributed by atoms with Crippen LogP contribution in [0.25, 0.3) is 11.1 Å². The van der Waals surface area contributed by atoms with Crippen LogP contribution in [0.15, 0.2) is 90.1 Å². The van der Waals surface area contributed by atoms with Gasteiger partial charge in [-0.2, -0.15) is 0 Å². The van der Waals surface area contributed by atoms with Crippen molar-refractivity contribution in [2.75, 3.05) is 6.54 Å². The van der Waals surface area contributed by atoms with E-state index in [0.717, 1.165) is 22.4 Å². The SMILES string of the molecule is O=C(NCC1CC(c2ccc(-c3ccccc3)cc2)=NO1)OCc1ccccc1. The summed E-state index contributed by atoms with van der Waals surface area (Å²) in [6.45, 7) is 0.594. The number of alkyl carbamates (subject to hydrolysis) is 1. The highest BCUT2D eigenvalue weighted by molar-refractivity contribution is 6.01. The fourth-order valence-electron chi connectivity index (χ4n) is 3.17. The molecule has 0 aliphatic carbocycles. The van der Waals surface area contributed by atoms with E-state index in [4.69, 9.17) is 9.57 Å². The lowest BCUT2D eigenvalue weighted by Crippen LogP contribution is -2.32. The first-order valence-electron chi connectivity index (χ1n) is 9.61. The summed E-state index contributed by atoms with van der Waals surface area (Å²) >= 11 is 0. The van der Waals surface area contributed by atoms with Gasteiger partial charge in [-0.25, -0.2) is 4.79 Å². The first kappa shape index (κ1) is 18.7. The van der Waals surface area contributed by atoms with E-state index in [2.05, 4.69) is 46.9 Å². The average Bonchev–Trinajstić information content (AvgIpc) is 3.27. The number of nitrogens with one attached hydrogen (secondary N) is 1. The van der Waals surface area contributed by atoms with E-state index in [1.807, 2.05) is 48.5 Å². The van der Waals surface area contributed by atoms with Crippen LogP contribution in [-0.2, 0) is 16.2 Å². The zero-order valence-electron chi connectivity index (χ0n) is 16.0. The highest BCUT2D eigenvalue weighted by Gasteiger charge is 2.23. The van der Waals surface area contributed by atoms with Crippen LogP contribution in [0, 0.1) is 0 Å². The van der Waals surface area contributed by atoms with Gasteiger partial charge in [-0.15, -0.1) is 0 Å². The van der Waals surface area contributed by atoms with Crippen molar-refractivity contribution in [1.29, 1.82) is 0 Å². The quantitative estimate of drug-likeness (QED) is 0.664. The highest BCUT2D eigenvalue weighted by atomic mass is 16.6. The van der Waals surface area contributed by atoms with Crippen molar-refractivity contribution in [3.63, 3.8) is 0 Å². The fraction of sp³-hybridized carbons (Fsp3) is 0.167. The number of carbonyl (C=O) groups excluding carboxylic acids is 1. The molecule has 1 aliphatic rings. The van der Waals surface area contributed by atoms with E-state index >= 15 is 0 Å². The van der Waals surface area contributed by atoms with Crippen molar-refractivity contribution in [3.8, 4) is 11.1 Å². The molecule has 0 fully saturated rings. The third-order valence-electron chi connectivity index (χ3n) is 4.75. The second-order valence-electron chi connectivity index (χ2n) is 6.86. The topological polar surface area (TPSA) is 59.9 Å². The molecule has 5 nitrogen and oxygen atoms in total. The zero-order chi connectivity index (χ0) is 19.9. The maximum atomic E-state index is 11.9. The normalized spacial score (nSPS) is 15.3. The molecule has 1 aliphatic heterocycles. The van der Waals surface area contributed by atoms with Crippen LogP contribution in [0.1, 0.15) is 17.5 Å². The van der Waals surface area contributed by atoms with E-state index in [-0.39, 0.29) is 12.7 Å². The lowest BCUT2D eigenvalue weighted by atomic mass is 10.0. The second-order valence-corrected chi connectivity index (χ2v) is 6.86. The molecule has 1 heterocycles. The summed E-state index contributed by atoms with van der Waals surface area (Å²) in [6, 6.07) is 28.1. The predicted octanol–water partition coefficient (Wildman–Crippen LogP) is 4.77. The molecule has 4 rings (SSSR count). The summed E-state index contributed by atoms with van der Waals surface area (Å²) in [7, 11) is 0. The van der Waals surface area contributed by atoms with Gasteiger partial charge in [-0.3, -0.25) is 0 Å². The number of rotatable bonds is 6. The molecular formula is C24H22N2O3. The molecule has 0 bridgehead atoms. The van der Waals surface area contributed by atoms with Crippen molar-refractivity contribution in [1.82, 2.24) is 5.32 Å². The smallest absolute Gasteiger partial charge is 0.407 e. The third kappa shape index (κ3) is 5.02. The molecule has 5 heteroatoms. The Bertz CT molecular complexity index is 970. The number of nitrogens with zero attached hydrogens (tertiary/aromatic N) is 1. The van der Waals surface area contributed by atoms with Gasteiger partial charge in [-0.1, -0.05) is 90.1 Å². The number of hydrogen-bond acceptors (Lipinski definition) is 4. The molecular weight excluding hydrogens is 364 g/mol. The molecule has 1 N–H and O–H groups in total. The van der Waals surface area contributed by atoms with Gasteiger partial charge in [0.2, 0.25) is 0 Å². The van der Waals surface area contributed by atoms with Gasteiger partial charge < -0.3 is 14.9 Å². The van der Waals surface area contributed by atoms with Crippen LogP contribution in [0.2, 0.25) is 0 Å². The van der Waals surface area contributed by atoms with E-state index in [0.29, 0.717) is 13.0 Å². The Balaban J connectivity index is 1.24. The van der Waals surface area contributed by atoms with Crippen molar-refractivity contribution in [3.05, 3.63) is 96.1 Å². The standard InChI is InChI=1S/C24H22N2O3/c27-24(28-17-18-7-3-1-4-8-18)25-16-22-15-23(26-29-22)21-13-11-20(12-14-21)19-9-5-2-6-10-19/h1-14,22H,15-17H2,(H,25,27). The molecule has 0 aromatic heterocycles. The zero-order valence-corrected chi connectivity index (χ0v) is 16.0. The summed E-state index contributed by atoms with van der Waals surface area (Å²) in [5.41, 5.74) is 5.20. The molecule has 0 saturated carbocycles. The van der Waals surface area contributed by atoms with Gasteiger partial charge in [0.15, 0.2) is 6.10 Å². The number of carbonyl (C=O) groups is 1. The summed E-state index contributed by atoms with van der Waals surface area (Å²) in [5, 5.41) is 6.92. The minimum absolute atomic E-state index is 0.192. The van der Waals surface area contributed by atoms with Crippen molar-refractivity contribution < 1.29 is 14.4 Å². The van der Waals surface area contributed by atoms with E-state index in [1.165, 1.54) is 5.56 Å². The second kappa shape index (κ2) is 9.06. The number of amides is 1. The van der Waals surface area contributed by atoms with Crippen LogP contribution >= 0.6 is 0 Å². The Kier molecular flexibility index (Phi) is 5.86. The van der Waals surface area contributed by atoms with Gasteiger partial charge in [0, 0.05) is 6.42 Å². The molecule has 0 saturated heterocycles. The van der Waals surface area contributed by atoms with E-state index in [1.54, 1.807) is 0 Å². The molecule has 1 atom stereocenters. The predicted molar refractivity (Wildman–Crippen MR) is 113 cm³/mol. The number of oxime groups is 1. The summed E-state index contributed by atoms with van der Waals surface area (Å²) in [6.07, 6.45) is -0.00917. The minimum Gasteiger partial charge on any atom is -0.445 e. The van der Waals surface area contributed by atoms with Gasteiger partial charge in [0.1, 0.15) is 6.61 Å². The van der Waals surface area contributed by atoms with Crippen molar-refractivity contribution in [2.24, 2.45) is 5.16 Å².